The maximum Gasteiger partial charge on any atom is 0.434 e. The largest absolute Gasteiger partial charge is 0.434 e. The number of likely N-dealkylation sites (tertiary alicyclic amines) is 1. The fourth-order valence-electron chi connectivity index (χ4n) is 3.07. The summed E-state index contributed by atoms with van der Waals surface area (Å²) in [7, 11) is 1.72. The Labute approximate surface area is 168 Å². The van der Waals surface area contributed by atoms with Crippen LogP contribution in [0.2, 0.25) is 0 Å². The van der Waals surface area contributed by atoms with Crippen molar-refractivity contribution in [3.05, 3.63) is 16.1 Å². The molecule has 1 aliphatic heterocycles. The topological polar surface area (TPSA) is 61.8 Å². The Morgan fingerprint density at radius 2 is 2.14 bits per heavy atom. The second kappa shape index (κ2) is 11.6. The highest BCUT2D eigenvalue weighted by atomic mass is 32.1. The average molecular weight is 422 g/mol. The van der Waals surface area contributed by atoms with E-state index in [2.05, 4.69) is 25.5 Å². The highest BCUT2D eigenvalue weighted by Gasteiger charge is 2.33. The fourth-order valence-corrected chi connectivity index (χ4v) is 3.86. The molecule has 1 fully saturated rings. The van der Waals surface area contributed by atoms with Crippen LogP contribution in [0.5, 0.6) is 0 Å². The van der Waals surface area contributed by atoms with Gasteiger partial charge < -0.3 is 20.3 Å². The number of aromatic nitrogens is 1. The molecule has 0 spiro atoms. The molecule has 0 unspecified atom stereocenters. The van der Waals surface area contributed by atoms with Gasteiger partial charge in [-0.05, 0) is 26.2 Å². The van der Waals surface area contributed by atoms with E-state index in [0.29, 0.717) is 30.0 Å². The number of aliphatic imine (C=N–C) groups is 1. The van der Waals surface area contributed by atoms with Gasteiger partial charge in [0.15, 0.2) is 11.7 Å². The van der Waals surface area contributed by atoms with Crippen molar-refractivity contribution in [2.75, 3.05) is 46.4 Å². The number of rotatable bonds is 9. The number of alkyl halides is 3. The van der Waals surface area contributed by atoms with E-state index in [0.717, 1.165) is 68.8 Å². The lowest BCUT2D eigenvalue weighted by atomic mass is 10.1. The van der Waals surface area contributed by atoms with Crippen molar-refractivity contribution in [1.82, 2.24) is 20.5 Å². The van der Waals surface area contributed by atoms with Crippen LogP contribution in [-0.4, -0.2) is 68.3 Å². The maximum absolute atomic E-state index is 12.6. The summed E-state index contributed by atoms with van der Waals surface area (Å²) in [5, 5.41) is 8.17. The highest BCUT2D eigenvalue weighted by Crippen LogP contribution is 2.30. The summed E-state index contributed by atoms with van der Waals surface area (Å²) in [5.41, 5.74) is -0.821. The number of piperidine rings is 1. The Morgan fingerprint density at radius 1 is 1.39 bits per heavy atom. The van der Waals surface area contributed by atoms with Crippen LogP contribution in [-0.2, 0) is 17.3 Å². The van der Waals surface area contributed by atoms with Crippen molar-refractivity contribution in [2.24, 2.45) is 4.99 Å². The Kier molecular flexibility index (Phi) is 9.46. The van der Waals surface area contributed by atoms with Crippen LogP contribution in [0.3, 0.4) is 0 Å². The molecule has 1 aliphatic rings. The van der Waals surface area contributed by atoms with Crippen molar-refractivity contribution >= 4 is 17.3 Å². The van der Waals surface area contributed by atoms with Crippen LogP contribution < -0.4 is 10.6 Å². The molecule has 28 heavy (non-hydrogen) atoms. The second-order valence-corrected chi connectivity index (χ2v) is 7.68. The molecule has 2 rings (SSSR count). The number of halogens is 3. The van der Waals surface area contributed by atoms with E-state index < -0.39 is 11.9 Å². The number of nitrogens with zero attached hydrogens (tertiary/aromatic N) is 3. The summed E-state index contributed by atoms with van der Waals surface area (Å²) >= 11 is 1.03. The van der Waals surface area contributed by atoms with E-state index in [-0.39, 0.29) is 0 Å². The van der Waals surface area contributed by atoms with E-state index in [4.69, 9.17) is 4.74 Å². The first kappa shape index (κ1) is 22.9. The first-order valence-corrected chi connectivity index (χ1v) is 10.6. The van der Waals surface area contributed by atoms with Gasteiger partial charge in [-0.3, -0.25) is 4.99 Å². The SMILES string of the molecule is CCNC(=NCCc1nc(C(F)(F)F)cs1)NC1CCN(CCCOC)CC1. The van der Waals surface area contributed by atoms with E-state index >= 15 is 0 Å². The first-order chi connectivity index (χ1) is 13.4. The lowest BCUT2D eigenvalue weighted by Crippen LogP contribution is -2.49. The number of guanidine groups is 1. The molecule has 0 radical (unpaired) electrons. The zero-order valence-corrected chi connectivity index (χ0v) is 17.3. The number of hydrogen-bond acceptors (Lipinski definition) is 5. The Hall–Kier alpha value is -1.39. The van der Waals surface area contributed by atoms with Crippen molar-refractivity contribution in [1.29, 1.82) is 0 Å². The third kappa shape index (κ3) is 7.92. The molecule has 2 heterocycles. The molecule has 1 aromatic rings. The number of ether oxygens (including phenoxy) is 1. The summed E-state index contributed by atoms with van der Waals surface area (Å²) < 4.78 is 42.9. The minimum atomic E-state index is -4.38. The molecule has 10 heteroatoms. The van der Waals surface area contributed by atoms with Crippen LogP contribution in [0.25, 0.3) is 0 Å². The van der Waals surface area contributed by atoms with Crippen LogP contribution in [0.4, 0.5) is 13.2 Å². The molecule has 0 atom stereocenters. The second-order valence-electron chi connectivity index (χ2n) is 6.74. The zero-order valence-electron chi connectivity index (χ0n) is 16.5. The third-order valence-corrected chi connectivity index (χ3v) is 5.44. The number of hydrogen-bond donors (Lipinski definition) is 2. The Balaban J connectivity index is 1.77. The molecular formula is C18H30F3N5OS. The number of methoxy groups -OCH3 is 1. The lowest BCUT2D eigenvalue weighted by Gasteiger charge is -2.33. The van der Waals surface area contributed by atoms with E-state index in [1.165, 1.54) is 0 Å². The normalized spacial score (nSPS) is 17.1. The van der Waals surface area contributed by atoms with Crippen LogP contribution >= 0.6 is 11.3 Å². The van der Waals surface area contributed by atoms with Gasteiger partial charge in [0.25, 0.3) is 0 Å². The summed E-state index contributed by atoms with van der Waals surface area (Å²) in [5.74, 6) is 0.716. The number of thiazole rings is 1. The van der Waals surface area contributed by atoms with Crippen molar-refractivity contribution < 1.29 is 17.9 Å². The van der Waals surface area contributed by atoms with Gasteiger partial charge in [-0.1, -0.05) is 0 Å². The van der Waals surface area contributed by atoms with Crippen molar-refractivity contribution in [2.45, 2.75) is 44.8 Å². The summed E-state index contributed by atoms with van der Waals surface area (Å²) in [4.78, 5) is 10.6. The van der Waals surface area contributed by atoms with Gasteiger partial charge in [0.2, 0.25) is 0 Å². The van der Waals surface area contributed by atoms with Gasteiger partial charge in [-0.25, -0.2) is 4.98 Å². The molecule has 160 valence electrons. The monoisotopic (exact) mass is 421 g/mol. The molecule has 2 N–H and O–H groups in total. The molecular weight excluding hydrogens is 391 g/mol. The minimum Gasteiger partial charge on any atom is -0.385 e. The summed E-state index contributed by atoms with van der Waals surface area (Å²) in [6.07, 6.45) is -0.856. The van der Waals surface area contributed by atoms with Gasteiger partial charge >= 0.3 is 6.18 Å². The van der Waals surface area contributed by atoms with Crippen LogP contribution in [0.15, 0.2) is 10.4 Å². The fraction of sp³-hybridized carbons (Fsp3) is 0.778. The third-order valence-electron chi connectivity index (χ3n) is 4.53. The molecule has 6 nitrogen and oxygen atoms in total. The smallest absolute Gasteiger partial charge is 0.385 e. The van der Waals surface area contributed by atoms with Crippen molar-refractivity contribution in [3.8, 4) is 0 Å². The molecule has 0 bridgehead atoms. The Morgan fingerprint density at radius 3 is 2.75 bits per heavy atom. The van der Waals surface area contributed by atoms with Gasteiger partial charge in [-0.15, -0.1) is 11.3 Å². The quantitative estimate of drug-likeness (QED) is 0.365. The summed E-state index contributed by atoms with van der Waals surface area (Å²) in [6.45, 7) is 7.06. The van der Waals surface area contributed by atoms with E-state index in [9.17, 15) is 13.2 Å². The van der Waals surface area contributed by atoms with Gasteiger partial charge in [0.1, 0.15) is 0 Å². The van der Waals surface area contributed by atoms with E-state index in [1.807, 2.05) is 6.92 Å². The molecule has 0 saturated carbocycles. The van der Waals surface area contributed by atoms with Gasteiger partial charge in [0.05, 0.1) is 5.01 Å². The highest BCUT2D eigenvalue weighted by molar-refractivity contribution is 7.09. The first-order valence-electron chi connectivity index (χ1n) is 9.70. The summed E-state index contributed by atoms with van der Waals surface area (Å²) in [6, 6.07) is 0.355. The molecule has 1 aromatic heterocycles. The molecule has 0 amide bonds. The van der Waals surface area contributed by atoms with Crippen LogP contribution in [0, 0.1) is 0 Å². The lowest BCUT2D eigenvalue weighted by molar-refractivity contribution is -0.140. The standard InChI is InChI=1S/C18H30F3N5OS/c1-3-22-17(23-8-5-16-25-15(13-28-16)18(19,20)21)24-14-6-10-26(11-7-14)9-4-12-27-2/h13-14H,3-12H2,1-2H3,(H2,22,23,24). The Bertz CT molecular complexity index is 600. The number of nitrogens with one attached hydrogen (secondary N) is 2. The zero-order chi connectivity index (χ0) is 20.4. The minimum absolute atomic E-state index is 0.355. The van der Waals surface area contributed by atoms with Crippen LogP contribution in [0.1, 0.15) is 36.9 Å². The molecule has 1 saturated heterocycles. The predicted molar refractivity (Wildman–Crippen MR) is 106 cm³/mol. The average Bonchev–Trinajstić information content (AvgIpc) is 3.13. The van der Waals surface area contributed by atoms with Gasteiger partial charge in [0, 0.05) is 64.3 Å². The van der Waals surface area contributed by atoms with E-state index in [1.54, 1.807) is 7.11 Å². The molecule has 0 aliphatic carbocycles. The molecule has 0 aromatic carbocycles. The van der Waals surface area contributed by atoms with Crippen molar-refractivity contribution in [3.63, 3.8) is 0 Å². The predicted octanol–water partition coefficient (Wildman–Crippen LogP) is 2.76. The maximum atomic E-state index is 12.6. The van der Waals surface area contributed by atoms with Gasteiger partial charge in [-0.2, -0.15) is 13.2 Å².